The normalized spacial score (nSPS) is 10.5. The summed E-state index contributed by atoms with van der Waals surface area (Å²) in [7, 11) is 0. The van der Waals surface area contributed by atoms with Crippen molar-refractivity contribution >= 4 is 22.8 Å². The van der Waals surface area contributed by atoms with Gasteiger partial charge in [-0.3, -0.25) is 0 Å². The van der Waals surface area contributed by atoms with Crippen molar-refractivity contribution in [2.24, 2.45) is 0 Å². The van der Waals surface area contributed by atoms with Crippen LogP contribution in [-0.4, -0.2) is 15.7 Å². The smallest absolute Gasteiger partial charge is 0.167 e. The number of imidazole rings is 1. The van der Waals surface area contributed by atoms with Gasteiger partial charge in [-0.1, -0.05) is 11.8 Å². The summed E-state index contributed by atoms with van der Waals surface area (Å²) in [6.07, 6.45) is 0. The highest BCUT2D eigenvalue weighted by Gasteiger charge is 2.08. The van der Waals surface area contributed by atoms with Crippen LogP contribution in [0.3, 0.4) is 0 Å². The molecule has 0 bridgehead atoms. The molecule has 1 aromatic heterocycles. The number of halogens is 2. The summed E-state index contributed by atoms with van der Waals surface area (Å²) in [5, 5.41) is 8.84. The number of nitriles is 1. The molecule has 76 valence electrons. The fourth-order valence-electron chi connectivity index (χ4n) is 1.15. The van der Waals surface area contributed by atoms with Crippen LogP contribution >= 0.6 is 11.8 Å². The second-order valence-electron chi connectivity index (χ2n) is 2.77. The Balaban J connectivity index is 2.43. The Bertz CT molecular complexity index is 505. The van der Waals surface area contributed by atoms with E-state index in [9.17, 15) is 8.78 Å². The highest BCUT2D eigenvalue weighted by molar-refractivity contribution is 7.99. The molecule has 0 aliphatic heterocycles. The number of aromatic amines is 1. The van der Waals surface area contributed by atoms with Crippen LogP contribution in [0.5, 0.6) is 0 Å². The van der Waals surface area contributed by atoms with Gasteiger partial charge in [0, 0.05) is 12.1 Å². The summed E-state index contributed by atoms with van der Waals surface area (Å²) in [6.45, 7) is 0. The van der Waals surface area contributed by atoms with E-state index in [1.807, 2.05) is 6.07 Å². The topological polar surface area (TPSA) is 52.5 Å². The molecule has 0 saturated carbocycles. The van der Waals surface area contributed by atoms with E-state index in [0.29, 0.717) is 16.2 Å². The van der Waals surface area contributed by atoms with Gasteiger partial charge in [-0.05, 0) is 0 Å². The maximum atomic E-state index is 12.8. The second kappa shape index (κ2) is 3.87. The molecule has 3 nitrogen and oxygen atoms in total. The Kier molecular flexibility index (Phi) is 2.56. The molecule has 2 aromatic rings. The van der Waals surface area contributed by atoms with Crippen molar-refractivity contribution in [2.45, 2.75) is 5.16 Å². The lowest BCUT2D eigenvalue weighted by atomic mass is 10.3. The molecule has 0 saturated heterocycles. The van der Waals surface area contributed by atoms with Crippen molar-refractivity contribution < 1.29 is 8.78 Å². The zero-order chi connectivity index (χ0) is 10.8. The average Bonchev–Trinajstić information content (AvgIpc) is 2.58. The quantitative estimate of drug-likeness (QED) is 0.799. The summed E-state index contributed by atoms with van der Waals surface area (Å²) in [4.78, 5) is 6.79. The highest BCUT2D eigenvalue weighted by atomic mass is 32.2. The predicted octanol–water partition coefficient (Wildman–Crippen LogP) is 2.46. The van der Waals surface area contributed by atoms with Gasteiger partial charge in [-0.2, -0.15) is 5.26 Å². The van der Waals surface area contributed by atoms with Crippen molar-refractivity contribution in [1.82, 2.24) is 9.97 Å². The Morgan fingerprint density at radius 3 is 2.87 bits per heavy atom. The fraction of sp³-hybridized carbons (Fsp3) is 0.111. The van der Waals surface area contributed by atoms with Crippen molar-refractivity contribution in [2.75, 3.05) is 5.75 Å². The number of nitrogens with one attached hydrogen (secondary N) is 1. The standard InChI is InChI=1S/C9H5F2N3S/c10-5-3-7-8(4-6(5)11)14-9(13-7)15-2-1-12/h3-4H,2H2,(H,13,14). The number of thioether (sulfide) groups is 1. The molecule has 1 heterocycles. The Morgan fingerprint density at radius 2 is 2.13 bits per heavy atom. The number of aromatic nitrogens is 2. The Hall–Kier alpha value is -1.61. The van der Waals surface area contributed by atoms with Gasteiger partial charge in [-0.15, -0.1) is 0 Å². The molecule has 0 unspecified atom stereocenters. The van der Waals surface area contributed by atoms with Gasteiger partial charge in [0.1, 0.15) is 0 Å². The van der Waals surface area contributed by atoms with E-state index < -0.39 is 11.6 Å². The van der Waals surface area contributed by atoms with E-state index >= 15 is 0 Å². The first kappa shape index (κ1) is 9.93. The number of benzene rings is 1. The van der Waals surface area contributed by atoms with Crippen LogP contribution < -0.4 is 0 Å². The van der Waals surface area contributed by atoms with Crippen molar-refractivity contribution in [3.05, 3.63) is 23.8 Å². The lowest BCUT2D eigenvalue weighted by molar-refractivity contribution is 0.510. The third-order valence-corrected chi connectivity index (χ3v) is 2.52. The SMILES string of the molecule is N#CCSc1nc2cc(F)c(F)cc2[nH]1. The van der Waals surface area contributed by atoms with Crippen LogP contribution in [0.2, 0.25) is 0 Å². The highest BCUT2D eigenvalue weighted by Crippen LogP contribution is 2.21. The molecule has 0 spiro atoms. The van der Waals surface area contributed by atoms with E-state index in [1.54, 1.807) is 0 Å². The van der Waals surface area contributed by atoms with Gasteiger partial charge >= 0.3 is 0 Å². The minimum atomic E-state index is -0.925. The monoisotopic (exact) mass is 225 g/mol. The van der Waals surface area contributed by atoms with Crippen LogP contribution in [0.1, 0.15) is 0 Å². The average molecular weight is 225 g/mol. The summed E-state index contributed by atoms with van der Waals surface area (Å²) in [6, 6.07) is 4.01. The van der Waals surface area contributed by atoms with Crippen LogP contribution in [0, 0.1) is 23.0 Å². The molecular formula is C9H5F2N3S. The second-order valence-corrected chi connectivity index (χ2v) is 3.74. The van der Waals surface area contributed by atoms with Gasteiger partial charge in [0.25, 0.3) is 0 Å². The molecule has 1 aromatic carbocycles. The molecule has 0 aliphatic rings. The van der Waals surface area contributed by atoms with Gasteiger partial charge in [0.15, 0.2) is 16.8 Å². The summed E-state index contributed by atoms with van der Waals surface area (Å²) in [5.74, 6) is -1.60. The van der Waals surface area contributed by atoms with E-state index in [0.717, 1.165) is 12.1 Å². The van der Waals surface area contributed by atoms with Crippen LogP contribution in [0.4, 0.5) is 8.78 Å². The summed E-state index contributed by atoms with van der Waals surface area (Å²) in [5.41, 5.74) is 0.781. The Morgan fingerprint density at radius 1 is 1.40 bits per heavy atom. The predicted molar refractivity (Wildman–Crippen MR) is 52.3 cm³/mol. The van der Waals surface area contributed by atoms with Crippen molar-refractivity contribution in [3.63, 3.8) is 0 Å². The minimum absolute atomic E-state index is 0.241. The van der Waals surface area contributed by atoms with E-state index in [2.05, 4.69) is 9.97 Å². The maximum absolute atomic E-state index is 12.8. The minimum Gasteiger partial charge on any atom is -0.333 e. The number of nitrogens with zero attached hydrogens (tertiary/aromatic N) is 2. The van der Waals surface area contributed by atoms with Gasteiger partial charge in [0.05, 0.1) is 22.9 Å². The lowest BCUT2D eigenvalue weighted by Gasteiger charge is -1.90. The Labute approximate surface area is 88.1 Å². The molecule has 0 aliphatic carbocycles. The zero-order valence-corrected chi connectivity index (χ0v) is 8.24. The number of H-pyrrole nitrogens is 1. The number of rotatable bonds is 2. The molecule has 15 heavy (non-hydrogen) atoms. The van der Waals surface area contributed by atoms with Gasteiger partial charge in [0.2, 0.25) is 0 Å². The molecule has 2 rings (SSSR count). The number of hydrogen-bond acceptors (Lipinski definition) is 3. The first-order chi connectivity index (χ1) is 7.20. The summed E-state index contributed by atoms with van der Waals surface area (Å²) >= 11 is 1.19. The van der Waals surface area contributed by atoms with Crippen LogP contribution in [0.25, 0.3) is 11.0 Å². The lowest BCUT2D eigenvalue weighted by Crippen LogP contribution is -1.82. The van der Waals surface area contributed by atoms with E-state index in [-0.39, 0.29) is 5.75 Å². The number of fused-ring (bicyclic) bond motifs is 1. The van der Waals surface area contributed by atoms with Gasteiger partial charge in [-0.25, -0.2) is 13.8 Å². The molecular weight excluding hydrogens is 220 g/mol. The largest absolute Gasteiger partial charge is 0.333 e. The van der Waals surface area contributed by atoms with Crippen molar-refractivity contribution in [3.8, 4) is 6.07 Å². The molecule has 0 radical (unpaired) electrons. The fourth-order valence-corrected chi connectivity index (χ4v) is 1.70. The zero-order valence-electron chi connectivity index (χ0n) is 7.42. The molecule has 0 fully saturated rings. The molecule has 1 N–H and O–H groups in total. The molecule has 0 atom stereocenters. The number of hydrogen-bond donors (Lipinski definition) is 1. The first-order valence-electron chi connectivity index (χ1n) is 4.05. The molecule has 0 amide bonds. The molecule has 6 heteroatoms. The van der Waals surface area contributed by atoms with E-state index in [4.69, 9.17) is 5.26 Å². The van der Waals surface area contributed by atoms with Crippen LogP contribution in [0.15, 0.2) is 17.3 Å². The van der Waals surface area contributed by atoms with Gasteiger partial charge < -0.3 is 4.98 Å². The van der Waals surface area contributed by atoms with Crippen molar-refractivity contribution in [1.29, 1.82) is 5.26 Å². The third kappa shape index (κ3) is 1.92. The van der Waals surface area contributed by atoms with E-state index in [1.165, 1.54) is 11.8 Å². The third-order valence-electron chi connectivity index (χ3n) is 1.78. The maximum Gasteiger partial charge on any atom is 0.167 e. The summed E-state index contributed by atoms with van der Waals surface area (Å²) < 4.78 is 25.6. The van der Waals surface area contributed by atoms with Crippen LogP contribution in [-0.2, 0) is 0 Å². The first-order valence-corrected chi connectivity index (χ1v) is 5.04.